The quantitative estimate of drug-likeness (QED) is 0.665. The minimum atomic E-state index is 0.492. The number of ether oxygens (including phenoxy) is 1. The summed E-state index contributed by atoms with van der Waals surface area (Å²) in [5.74, 6) is 0.738. The van der Waals surface area contributed by atoms with Crippen LogP contribution in [0.4, 0.5) is 0 Å². The molecule has 0 radical (unpaired) electrons. The molecule has 0 bridgehead atoms. The lowest BCUT2D eigenvalue weighted by Crippen LogP contribution is -1.97. The molecule has 0 N–H and O–H groups in total. The first-order valence-electron chi connectivity index (χ1n) is 7.86. The summed E-state index contributed by atoms with van der Waals surface area (Å²) in [6.07, 6.45) is 0.877. The molecule has 3 rings (SSSR count). The highest BCUT2D eigenvalue weighted by atomic mass is 16.5. The maximum Gasteiger partial charge on any atom is 0.150 e. The SMILES string of the molecule is Cc1nn(C)c(C)c1-c1cc(OCc2ccccc2)ccc1C=O. The van der Waals surface area contributed by atoms with Crippen LogP contribution in [0.5, 0.6) is 5.75 Å². The van der Waals surface area contributed by atoms with Crippen molar-refractivity contribution in [3.63, 3.8) is 0 Å². The van der Waals surface area contributed by atoms with E-state index in [9.17, 15) is 4.79 Å². The first-order chi connectivity index (χ1) is 11.6. The summed E-state index contributed by atoms with van der Waals surface area (Å²) in [4.78, 5) is 11.5. The molecular formula is C20H20N2O2. The van der Waals surface area contributed by atoms with Gasteiger partial charge in [-0.15, -0.1) is 0 Å². The Morgan fingerprint density at radius 2 is 1.88 bits per heavy atom. The summed E-state index contributed by atoms with van der Waals surface area (Å²) in [5.41, 5.74) is 5.52. The van der Waals surface area contributed by atoms with Crippen molar-refractivity contribution in [2.24, 2.45) is 7.05 Å². The molecule has 0 atom stereocenters. The number of hydrogen-bond acceptors (Lipinski definition) is 3. The van der Waals surface area contributed by atoms with Crippen molar-refractivity contribution in [3.05, 3.63) is 71.0 Å². The van der Waals surface area contributed by atoms with E-state index >= 15 is 0 Å². The first-order valence-corrected chi connectivity index (χ1v) is 7.86. The minimum absolute atomic E-state index is 0.492. The Hall–Kier alpha value is -2.88. The van der Waals surface area contributed by atoms with Crippen LogP contribution >= 0.6 is 0 Å². The van der Waals surface area contributed by atoms with Gasteiger partial charge in [0.15, 0.2) is 6.29 Å². The van der Waals surface area contributed by atoms with E-state index in [0.29, 0.717) is 12.2 Å². The summed E-state index contributed by atoms with van der Waals surface area (Å²) < 4.78 is 7.73. The van der Waals surface area contributed by atoms with Gasteiger partial charge in [-0.1, -0.05) is 30.3 Å². The number of carbonyl (C=O) groups is 1. The lowest BCUT2D eigenvalue weighted by atomic mass is 9.98. The van der Waals surface area contributed by atoms with Gasteiger partial charge < -0.3 is 4.74 Å². The molecule has 0 aliphatic carbocycles. The van der Waals surface area contributed by atoms with E-state index < -0.39 is 0 Å². The van der Waals surface area contributed by atoms with E-state index in [-0.39, 0.29) is 0 Å². The number of hydrogen-bond donors (Lipinski definition) is 0. The average Bonchev–Trinajstić information content (AvgIpc) is 2.86. The zero-order chi connectivity index (χ0) is 17.1. The summed E-state index contributed by atoms with van der Waals surface area (Å²) in [7, 11) is 1.90. The van der Waals surface area contributed by atoms with Gasteiger partial charge >= 0.3 is 0 Å². The Kier molecular flexibility index (Phi) is 4.47. The molecule has 1 heterocycles. The van der Waals surface area contributed by atoms with Crippen molar-refractivity contribution in [2.75, 3.05) is 0 Å². The van der Waals surface area contributed by atoms with Crippen LogP contribution in [0.2, 0.25) is 0 Å². The van der Waals surface area contributed by atoms with E-state index in [1.807, 2.05) is 68.0 Å². The van der Waals surface area contributed by atoms with Gasteiger partial charge in [0.1, 0.15) is 12.4 Å². The van der Waals surface area contributed by atoms with Gasteiger partial charge in [-0.25, -0.2) is 0 Å². The Labute approximate surface area is 141 Å². The van der Waals surface area contributed by atoms with Gasteiger partial charge in [0.25, 0.3) is 0 Å². The molecule has 0 amide bonds. The second-order valence-corrected chi connectivity index (χ2v) is 5.81. The Morgan fingerprint density at radius 1 is 1.12 bits per heavy atom. The molecule has 0 saturated carbocycles. The standard InChI is InChI=1S/C20H20N2O2/c1-14-20(15(2)22(3)21-14)19-11-18(10-9-17(19)12-23)24-13-16-7-5-4-6-8-16/h4-12H,13H2,1-3H3. The van der Waals surface area contributed by atoms with Crippen molar-refractivity contribution in [1.29, 1.82) is 0 Å². The van der Waals surface area contributed by atoms with Crippen molar-refractivity contribution in [3.8, 4) is 16.9 Å². The molecule has 0 saturated heterocycles. The molecule has 4 heteroatoms. The smallest absolute Gasteiger partial charge is 0.150 e. The van der Waals surface area contributed by atoms with Crippen molar-refractivity contribution in [2.45, 2.75) is 20.5 Å². The predicted molar refractivity (Wildman–Crippen MR) is 94.3 cm³/mol. The normalized spacial score (nSPS) is 10.6. The summed E-state index contributed by atoms with van der Waals surface area (Å²) in [6, 6.07) is 15.6. The fraction of sp³-hybridized carbons (Fsp3) is 0.200. The molecule has 0 aliphatic heterocycles. The van der Waals surface area contributed by atoms with Gasteiger partial charge in [-0.2, -0.15) is 5.10 Å². The lowest BCUT2D eigenvalue weighted by Gasteiger charge is -2.11. The Morgan fingerprint density at radius 3 is 2.50 bits per heavy atom. The van der Waals surface area contributed by atoms with Gasteiger partial charge in [-0.05, 0) is 43.2 Å². The van der Waals surface area contributed by atoms with Gasteiger partial charge in [0.05, 0.1) is 5.69 Å². The molecule has 3 aromatic rings. The van der Waals surface area contributed by atoms with E-state index in [1.165, 1.54) is 0 Å². The zero-order valence-electron chi connectivity index (χ0n) is 14.1. The molecule has 24 heavy (non-hydrogen) atoms. The van der Waals surface area contributed by atoms with Crippen LogP contribution in [0.1, 0.15) is 27.3 Å². The summed E-state index contributed by atoms with van der Waals surface area (Å²) >= 11 is 0. The third-order valence-corrected chi connectivity index (χ3v) is 4.18. The highest BCUT2D eigenvalue weighted by Gasteiger charge is 2.16. The third kappa shape index (κ3) is 3.08. The summed E-state index contributed by atoms with van der Waals surface area (Å²) in [6.45, 7) is 4.45. The van der Waals surface area contributed by atoms with Crippen molar-refractivity contribution in [1.82, 2.24) is 9.78 Å². The molecule has 0 fully saturated rings. The van der Waals surface area contributed by atoms with Crippen LogP contribution in [-0.2, 0) is 13.7 Å². The fourth-order valence-corrected chi connectivity index (χ4v) is 2.85. The van der Waals surface area contributed by atoms with Crippen LogP contribution in [0.3, 0.4) is 0 Å². The van der Waals surface area contributed by atoms with Crippen LogP contribution in [0.15, 0.2) is 48.5 Å². The predicted octanol–water partition coefficient (Wildman–Crippen LogP) is 4.10. The van der Waals surface area contributed by atoms with Gasteiger partial charge in [-0.3, -0.25) is 9.48 Å². The van der Waals surface area contributed by atoms with Crippen LogP contribution in [0, 0.1) is 13.8 Å². The second-order valence-electron chi connectivity index (χ2n) is 5.81. The fourth-order valence-electron chi connectivity index (χ4n) is 2.85. The Bertz CT molecular complexity index is 867. The largest absolute Gasteiger partial charge is 0.489 e. The van der Waals surface area contributed by atoms with Crippen molar-refractivity contribution < 1.29 is 9.53 Å². The number of aromatic nitrogens is 2. The monoisotopic (exact) mass is 320 g/mol. The third-order valence-electron chi connectivity index (χ3n) is 4.18. The number of aldehydes is 1. The summed E-state index contributed by atoms with van der Waals surface area (Å²) in [5, 5.41) is 4.45. The topological polar surface area (TPSA) is 44.1 Å². The van der Waals surface area contributed by atoms with E-state index in [0.717, 1.165) is 40.1 Å². The molecule has 122 valence electrons. The number of nitrogens with zero attached hydrogens (tertiary/aromatic N) is 2. The first kappa shape index (κ1) is 16.0. The van der Waals surface area contributed by atoms with Gasteiger partial charge in [0.2, 0.25) is 0 Å². The molecule has 4 nitrogen and oxygen atoms in total. The molecule has 1 aromatic heterocycles. The Balaban J connectivity index is 1.95. The van der Waals surface area contributed by atoms with Gasteiger partial charge in [0, 0.05) is 23.9 Å². The number of rotatable bonds is 5. The van der Waals surface area contributed by atoms with Crippen molar-refractivity contribution >= 4 is 6.29 Å². The van der Waals surface area contributed by atoms with E-state index in [1.54, 1.807) is 6.07 Å². The molecule has 0 unspecified atom stereocenters. The highest BCUT2D eigenvalue weighted by molar-refractivity contribution is 5.89. The molecule has 0 spiro atoms. The molecular weight excluding hydrogens is 300 g/mol. The maximum absolute atomic E-state index is 11.5. The van der Waals surface area contributed by atoms with Crippen LogP contribution in [-0.4, -0.2) is 16.1 Å². The number of aryl methyl sites for hydroxylation is 2. The van der Waals surface area contributed by atoms with E-state index in [2.05, 4.69) is 5.10 Å². The molecule has 2 aromatic carbocycles. The van der Waals surface area contributed by atoms with Crippen LogP contribution < -0.4 is 4.74 Å². The zero-order valence-corrected chi connectivity index (χ0v) is 14.1. The van der Waals surface area contributed by atoms with Crippen LogP contribution in [0.25, 0.3) is 11.1 Å². The average molecular weight is 320 g/mol. The lowest BCUT2D eigenvalue weighted by molar-refractivity contribution is 0.112. The minimum Gasteiger partial charge on any atom is -0.489 e. The molecule has 0 aliphatic rings. The number of benzene rings is 2. The number of carbonyl (C=O) groups excluding carboxylic acids is 1. The highest BCUT2D eigenvalue weighted by Crippen LogP contribution is 2.32. The van der Waals surface area contributed by atoms with E-state index in [4.69, 9.17) is 4.74 Å². The maximum atomic E-state index is 11.5. The second kappa shape index (κ2) is 6.71.